The number of pyridine rings is 1. The second-order valence-electron chi connectivity index (χ2n) is 8.14. The summed E-state index contributed by atoms with van der Waals surface area (Å²) in [4.78, 5) is 19.3. The Morgan fingerprint density at radius 2 is 1.97 bits per heavy atom. The molecule has 1 saturated heterocycles. The topological polar surface area (TPSA) is 66.2 Å². The molecule has 1 fully saturated rings. The van der Waals surface area contributed by atoms with Crippen molar-refractivity contribution in [3.05, 3.63) is 65.6 Å². The van der Waals surface area contributed by atoms with Gasteiger partial charge in [-0.1, -0.05) is 30.3 Å². The zero-order valence-corrected chi connectivity index (χ0v) is 18.4. The Bertz CT molecular complexity index is 1020. The molecule has 0 spiro atoms. The van der Waals surface area contributed by atoms with E-state index in [-0.39, 0.29) is 11.9 Å². The zero-order chi connectivity index (χ0) is 21.8. The van der Waals surface area contributed by atoms with Crippen LogP contribution < -0.4 is 0 Å². The van der Waals surface area contributed by atoms with Gasteiger partial charge in [0, 0.05) is 53.1 Å². The van der Waals surface area contributed by atoms with Crippen molar-refractivity contribution in [2.75, 3.05) is 54.0 Å². The first-order chi connectivity index (χ1) is 15.1. The molecule has 0 bridgehead atoms. The van der Waals surface area contributed by atoms with E-state index in [4.69, 9.17) is 4.74 Å². The summed E-state index contributed by atoms with van der Waals surface area (Å²) in [7, 11) is 5.55. The van der Waals surface area contributed by atoms with E-state index in [2.05, 4.69) is 51.3 Å². The van der Waals surface area contributed by atoms with E-state index >= 15 is 0 Å². The summed E-state index contributed by atoms with van der Waals surface area (Å²) < 4.78 is 7.05. The van der Waals surface area contributed by atoms with Crippen molar-refractivity contribution in [2.24, 2.45) is 0 Å². The predicted octanol–water partition coefficient (Wildman–Crippen LogP) is 1.94. The van der Waals surface area contributed by atoms with Crippen LogP contribution in [0.15, 0.2) is 48.7 Å². The molecule has 1 atom stereocenters. The normalized spacial score (nSPS) is 17.8. The van der Waals surface area contributed by atoms with Gasteiger partial charge in [0.1, 0.15) is 0 Å². The van der Waals surface area contributed by atoms with Crippen LogP contribution in [0.25, 0.3) is 5.65 Å². The van der Waals surface area contributed by atoms with Crippen molar-refractivity contribution in [3.63, 3.8) is 0 Å². The number of carbonyl (C=O) groups excluding carboxylic acids is 1. The number of nitrogens with zero attached hydrogens (tertiary/aromatic N) is 6. The lowest BCUT2D eigenvalue weighted by Crippen LogP contribution is -2.46. The maximum atomic E-state index is 12.8. The van der Waals surface area contributed by atoms with Crippen molar-refractivity contribution in [1.82, 2.24) is 29.3 Å². The van der Waals surface area contributed by atoms with Crippen LogP contribution in [0.3, 0.4) is 0 Å². The number of rotatable bonds is 7. The van der Waals surface area contributed by atoms with Crippen molar-refractivity contribution in [2.45, 2.75) is 12.6 Å². The molecular weight excluding hydrogens is 392 g/mol. The number of methoxy groups -OCH3 is 1. The quantitative estimate of drug-likeness (QED) is 0.580. The van der Waals surface area contributed by atoms with E-state index < -0.39 is 0 Å². The van der Waals surface area contributed by atoms with E-state index in [1.54, 1.807) is 19.1 Å². The lowest BCUT2D eigenvalue weighted by atomic mass is 10.1. The summed E-state index contributed by atoms with van der Waals surface area (Å²) in [5, 5.41) is 8.86. The van der Waals surface area contributed by atoms with Gasteiger partial charge in [-0.05, 0) is 24.7 Å². The number of amides is 1. The average molecular weight is 423 g/mol. The molecule has 8 heteroatoms. The van der Waals surface area contributed by atoms with Crippen LogP contribution in [-0.2, 0) is 11.3 Å². The number of benzene rings is 1. The highest BCUT2D eigenvalue weighted by Gasteiger charge is 2.29. The summed E-state index contributed by atoms with van der Waals surface area (Å²) in [5.74, 6) is 0.825. The van der Waals surface area contributed by atoms with Gasteiger partial charge in [0.15, 0.2) is 11.5 Å². The van der Waals surface area contributed by atoms with Crippen LogP contribution in [0.4, 0.5) is 0 Å². The number of piperazine rings is 1. The minimum atomic E-state index is -0.0405. The van der Waals surface area contributed by atoms with Crippen molar-refractivity contribution >= 4 is 11.6 Å². The Morgan fingerprint density at radius 1 is 1.16 bits per heavy atom. The molecule has 1 aliphatic heterocycles. The second kappa shape index (κ2) is 9.55. The summed E-state index contributed by atoms with van der Waals surface area (Å²) in [6.45, 7) is 4.78. The van der Waals surface area contributed by atoms with Crippen LogP contribution in [0.2, 0.25) is 0 Å². The van der Waals surface area contributed by atoms with Gasteiger partial charge in [0.05, 0.1) is 18.2 Å². The summed E-state index contributed by atoms with van der Waals surface area (Å²) >= 11 is 0. The van der Waals surface area contributed by atoms with E-state index in [0.29, 0.717) is 18.7 Å². The third-order valence-electron chi connectivity index (χ3n) is 5.93. The first-order valence-corrected chi connectivity index (χ1v) is 10.6. The van der Waals surface area contributed by atoms with Gasteiger partial charge in [-0.3, -0.25) is 19.0 Å². The standard InChI is InChI=1S/C23H30N6O2/c1-26-11-12-28(15-18-7-5-4-6-8-18)17-20(26)22-25-24-21-10-9-19(16-29(21)22)23(30)27(2)13-14-31-3/h4-10,16,20H,11-15,17H2,1-3H3/t20-/m0/s1. The SMILES string of the molecule is COCCN(C)C(=O)c1ccc2nnc([C@@H]3CN(Cc4ccccc4)CCN3C)n2c1. The third-order valence-corrected chi connectivity index (χ3v) is 5.93. The van der Waals surface area contributed by atoms with Gasteiger partial charge in [-0.2, -0.15) is 0 Å². The Hall–Kier alpha value is -2.81. The van der Waals surface area contributed by atoms with Crippen molar-refractivity contribution < 1.29 is 9.53 Å². The number of aromatic nitrogens is 3. The summed E-state index contributed by atoms with van der Waals surface area (Å²) in [6, 6.07) is 14.3. The maximum absolute atomic E-state index is 12.8. The van der Waals surface area contributed by atoms with Gasteiger partial charge < -0.3 is 9.64 Å². The first kappa shape index (κ1) is 21.4. The van der Waals surface area contributed by atoms with Crippen LogP contribution in [-0.4, -0.2) is 89.2 Å². The fraction of sp³-hybridized carbons (Fsp3) is 0.435. The molecule has 4 rings (SSSR count). The smallest absolute Gasteiger partial charge is 0.255 e. The van der Waals surface area contributed by atoms with Gasteiger partial charge >= 0.3 is 0 Å². The highest BCUT2D eigenvalue weighted by molar-refractivity contribution is 5.94. The molecule has 31 heavy (non-hydrogen) atoms. The number of hydrogen-bond acceptors (Lipinski definition) is 6. The first-order valence-electron chi connectivity index (χ1n) is 10.6. The monoisotopic (exact) mass is 422 g/mol. The van der Waals surface area contributed by atoms with E-state index in [1.807, 2.05) is 28.8 Å². The number of fused-ring (bicyclic) bond motifs is 1. The Morgan fingerprint density at radius 3 is 2.74 bits per heavy atom. The van der Waals surface area contributed by atoms with Crippen molar-refractivity contribution in [1.29, 1.82) is 0 Å². The van der Waals surface area contributed by atoms with Crippen LogP contribution in [0.1, 0.15) is 27.8 Å². The molecule has 1 aliphatic rings. The average Bonchev–Trinajstić information content (AvgIpc) is 3.22. The minimum Gasteiger partial charge on any atom is -0.383 e. The Balaban J connectivity index is 1.56. The van der Waals surface area contributed by atoms with Crippen molar-refractivity contribution in [3.8, 4) is 0 Å². The molecule has 2 aromatic heterocycles. The fourth-order valence-electron chi connectivity index (χ4n) is 4.01. The highest BCUT2D eigenvalue weighted by Crippen LogP contribution is 2.25. The van der Waals surface area contributed by atoms with Gasteiger partial charge in [0.25, 0.3) is 5.91 Å². The molecule has 0 N–H and O–H groups in total. The summed E-state index contributed by atoms with van der Waals surface area (Å²) in [5.41, 5.74) is 2.68. The summed E-state index contributed by atoms with van der Waals surface area (Å²) in [6.07, 6.45) is 1.86. The molecule has 164 valence electrons. The largest absolute Gasteiger partial charge is 0.383 e. The molecule has 0 unspecified atom stereocenters. The molecule has 3 heterocycles. The predicted molar refractivity (Wildman–Crippen MR) is 119 cm³/mol. The molecule has 0 saturated carbocycles. The molecule has 3 aromatic rings. The zero-order valence-electron chi connectivity index (χ0n) is 18.4. The maximum Gasteiger partial charge on any atom is 0.255 e. The molecule has 0 radical (unpaired) electrons. The highest BCUT2D eigenvalue weighted by atomic mass is 16.5. The Labute approximate surface area is 183 Å². The molecule has 1 amide bonds. The van der Waals surface area contributed by atoms with E-state index in [9.17, 15) is 4.79 Å². The van der Waals surface area contributed by atoms with Gasteiger partial charge in [-0.25, -0.2) is 0 Å². The van der Waals surface area contributed by atoms with E-state index in [1.165, 1.54) is 5.56 Å². The molecule has 8 nitrogen and oxygen atoms in total. The fourth-order valence-corrected chi connectivity index (χ4v) is 4.01. The molecule has 1 aromatic carbocycles. The van der Waals surface area contributed by atoms with Gasteiger partial charge in [0.2, 0.25) is 0 Å². The van der Waals surface area contributed by atoms with Crippen LogP contribution in [0.5, 0.6) is 0 Å². The molecule has 0 aliphatic carbocycles. The Kier molecular flexibility index (Phi) is 6.60. The van der Waals surface area contributed by atoms with E-state index in [0.717, 1.165) is 37.7 Å². The van der Waals surface area contributed by atoms with Crippen LogP contribution in [0, 0.1) is 0 Å². The number of carbonyl (C=O) groups is 1. The number of hydrogen-bond donors (Lipinski definition) is 0. The number of ether oxygens (including phenoxy) is 1. The second-order valence-corrected chi connectivity index (χ2v) is 8.14. The number of likely N-dealkylation sites (N-methyl/N-ethyl adjacent to an activating group) is 2. The molecular formula is C23H30N6O2. The minimum absolute atomic E-state index is 0.0405. The third kappa shape index (κ3) is 4.76. The lowest BCUT2D eigenvalue weighted by molar-refractivity contribution is 0.0743. The lowest BCUT2D eigenvalue weighted by Gasteiger charge is -2.38. The van der Waals surface area contributed by atoms with Gasteiger partial charge in [-0.15, -0.1) is 10.2 Å². The van der Waals surface area contributed by atoms with Crippen LogP contribution >= 0.6 is 0 Å².